The van der Waals surface area contributed by atoms with Crippen LogP contribution in [0.5, 0.6) is 5.75 Å². The molecular weight excluding hydrogens is 214 g/mol. The number of fused-ring (bicyclic) bond motifs is 3. The summed E-state index contributed by atoms with van der Waals surface area (Å²) < 4.78 is 5.38. The molecule has 1 aliphatic heterocycles. The van der Waals surface area contributed by atoms with Crippen LogP contribution in [0.25, 0.3) is 5.57 Å². The summed E-state index contributed by atoms with van der Waals surface area (Å²) in [6.07, 6.45) is 5.77. The van der Waals surface area contributed by atoms with Gasteiger partial charge in [-0.2, -0.15) is 0 Å². The van der Waals surface area contributed by atoms with Crippen molar-refractivity contribution < 1.29 is 9.53 Å². The second-order valence-corrected chi connectivity index (χ2v) is 4.48. The summed E-state index contributed by atoms with van der Waals surface area (Å²) in [6.45, 7) is 0. The molecule has 0 saturated heterocycles. The van der Waals surface area contributed by atoms with E-state index in [4.69, 9.17) is 4.74 Å². The van der Waals surface area contributed by atoms with E-state index < -0.39 is 0 Å². The van der Waals surface area contributed by atoms with E-state index >= 15 is 0 Å². The lowest BCUT2D eigenvalue weighted by atomic mass is 9.92. The molecule has 0 fully saturated rings. The monoisotopic (exact) mass is 227 g/mol. The van der Waals surface area contributed by atoms with Crippen molar-refractivity contribution in [3.05, 3.63) is 42.0 Å². The minimum absolute atomic E-state index is 0.187. The number of carbonyl (C=O) groups is 1. The van der Waals surface area contributed by atoms with Crippen LogP contribution in [0.4, 0.5) is 5.69 Å². The van der Waals surface area contributed by atoms with E-state index in [9.17, 15) is 4.79 Å². The van der Waals surface area contributed by atoms with Crippen LogP contribution in [0, 0.1) is 5.92 Å². The maximum Gasteiger partial charge on any atom is 0.322 e. The molecule has 0 bridgehead atoms. The van der Waals surface area contributed by atoms with Crippen LogP contribution in [-0.4, -0.2) is 20.1 Å². The molecule has 17 heavy (non-hydrogen) atoms. The molecule has 0 spiro atoms. The summed E-state index contributed by atoms with van der Waals surface area (Å²) >= 11 is 0. The van der Waals surface area contributed by atoms with Crippen molar-refractivity contribution in [3.8, 4) is 5.75 Å². The Bertz CT molecular complexity index is 555. The highest BCUT2D eigenvalue weighted by Gasteiger charge is 2.32. The number of hydrogen-bond donors (Lipinski definition) is 0. The zero-order chi connectivity index (χ0) is 12.0. The maximum absolute atomic E-state index is 11.8. The molecule has 0 aromatic heterocycles. The molecule has 2 aliphatic rings. The van der Waals surface area contributed by atoms with Gasteiger partial charge in [-0.05, 0) is 17.7 Å². The maximum atomic E-state index is 11.8. The number of rotatable bonds is 1. The van der Waals surface area contributed by atoms with E-state index in [-0.39, 0.29) is 11.9 Å². The first-order chi connectivity index (χ1) is 8.16. The van der Waals surface area contributed by atoms with Crippen molar-refractivity contribution in [3.63, 3.8) is 0 Å². The van der Waals surface area contributed by atoms with Crippen LogP contribution < -0.4 is 9.64 Å². The first kappa shape index (κ1) is 10.1. The second kappa shape index (κ2) is 3.48. The molecule has 3 rings (SSSR count). The number of nitrogens with zero attached hydrogens (tertiary/aromatic N) is 1. The van der Waals surface area contributed by atoms with Crippen LogP contribution in [0.2, 0.25) is 0 Å². The summed E-state index contributed by atoms with van der Waals surface area (Å²) in [7, 11) is 3.93. The van der Waals surface area contributed by atoms with Crippen molar-refractivity contribution in [2.45, 2.75) is 0 Å². The van der Waals surface area contributed by atoms with Gasteiger partial charge in [0.25, 0.3) is 0 Å². The third-order valence-corrected chi connectivity index (χ3v) is 3.17. The summed E-state index contributed by atoms with van der Waals surface area (Å²) in [5, 5.41) is 0. The molecule has 0 saturated carbocycles. The average molecular weight is 227 g/mol. The summed E-state index contributed by atoms with van der Waals surface area (Å²) in [6, 6.07) is 5.96. The third kappa shape index (κ3) is 1.46. The standard InChI is InChI=1S/C14H13NO2/c1-15(2)9-6-7-11-10-4-3-5-12(10)14(16)17-13(11)8-9/h3-8,12H,1-2H3. The van der Waals surface area contributed by atoms with Gasteiger partial charge in [0.2, 0.25) is 0 Å². The molecule has 1 aromatic carbocycles. The lowest BCUT2D eigenvalue weighted by molar-refractivity contribution is -0.136. The summed E-state index contributed by atoms with van der Waals surface area (Å²) in [5.74, 6) is 0.258. The Morgan fingerprint density at radius 1 is 1.29 bits per heavy atom. The minimum atomic E-state index is -0.215. The normalized spacial score (nSPS) is 20.5. The quantitative estimate of drug-likeness (QED) is 0.544. The zero-order valence-corrected chi connectivity index (χ0v) is 9.81. The van der Waals surface area contributed by atoms with E-state index in [1.54, 1.807) is 0 Å². The van der Waals surface area contributed by atoms with E-state index in [0.717, 1.165) is 16.8 Å². The number of ether oxygens (including phenoxy) is 1. The van der Waals surface area contributed by atoms with Crippen molar-refractivity contribution in [1.29, 1.82) is 0 Å². The van der Waals surface area contributed by atoms with E-state index in [1.807, 2.05) is 55.4 Å². The fourth-order valence-electron chi connectivity index (χ4n) is 2.22. The van der Waals surface area contributed by atoms with Gasteiger partial charge in [0.1, 0.15) is 11.7 Å². The van der Waals surface area contributed by atoms with Gasteiger partial charge in [0.05, 0.1) is 0 Å². The van der Waals surface area contributed by atoms with E-state index in [0.29, 0.717) is 5.75 Å². The highest BCUT2D eigenvalue weighted by atomic mass is 16.5. The number of allylic oxidation sites excluding steroid dienone is 2. The fraction of sp³-hybridized carbons (Fsp3) is 0.214. The number of esters is 1. The third-order valence-electron chi connectivity index (χ3n) is 3.17. The Morgan fingerprint density at radius 2 is 2.12 bits per heavy atom. The fourth-order valence-corrected chi connectivity index (χ4v) is 2.22. The molecule has 3 nitrogen and oxygen atoms in total. The predicted octanol–water partition coefficient (Wildman–Crippen LogP) is 2.24. The summed E-state index contributed by atoms with van der Waals surface area (Å²) in [4.78, 5) is 13.8. The molecular formula is C14H13NO2. The number of hydrogen-bond acceptors (Lipinski definition) is 3. The largest absolute Gasteiger partial charge is 0.425 e. The molecule has 86 valence electrons. The van der Waals surface area contributed by atoms with Crippen LogP contribution in [-0.2, 0) is 4.79 Å². The molecule has 0 radical (unpaired) electrons. The summed E-state index contributed by atoms with van der Waals surface area (Å²) in [5.41, 5.74) is 3.09. The van der Waals surface area contributed by atoms with Crippen molar-refractivity contribution in [2.75, 3.05) is 19.0 Å². The Labute approximate surface area is 100.0 Å². The molecule has 1 aliphatic carbocycles. The Kier molecular flexibility index (Phi) is 2.08. The van der Waals surface area contributed by atoms with Gasteiger partial charge < -0.3 is 9.64 Å². The van der Waals surface area contributed by atoms with Gasteiger partial charge in [-0.1, -0.05) is 18.2 Å². The average Bonchev–Trinajstić information content (AvgIpc) is 2.78. The van der Waals surface area contributed by atoms with Gasteiger partial charge in [-0.15, -0.1) is 0 Å². The Hall–Kier alpha value is -2.03. The molecule has 0 N–H and O–H groups in total. The van der Waals surface area contributed by atoms with Gasteiger partial charge >= 0.3 is 5.97 Å². The zero-order valence-electron chi connectivity index (χ0n) is 9.81. The number of benzene rings is 1. The van der Waals surface area contributed by atoms with Crippen LogP contribution in [0.1, 0.15) is 5.56 Å². The highest BCUT2D eigenvalue weighted by molar-refractivity contribution is 5.98. The van der Waals surface area contributed by atoms with Crippen molar-refractivity contribution >= 4 is 17.2 Å². The van der Waals surface area contributed by atoms with Crippen LogP contribution in [0.3, 0.4) is 0 Å². The van der Waals surface area contributed by atoms with Gasteiger partial charge in [-0.25, -0.2) is 0 Å². The van der Waals surface area contributed by atoms with Crippen LogP contribution in [0.15, 0.2) is 36.4 Å². The lowest BCUT2D eigenvalue weighted by Gasteiger charge is -2.24. The Morgan fingerprint density at radius 3 is 2.88 bits per heavy atom. The minimum Gasteiger partial charge on any atom is -0.425 e. The van der Waals surface area contributed by atoms with E-state index in [1.165, 1.54) is 0 Å². The molecule has 1 aromatic rings. The molecule has 1 unspecified atom stereocenters. The van der Waals surface area contributed by atoms with Crippen LogP contribution >= 0.6 is 0 Å². The van der Waals surface area contributed by atoms with Gasteiger partial charge in [0, 0.05) is 31.4 Å². The van der Waals surface area contributed by atoms with Crippen molar-refractivity contribution in [2.24, 2.45) is 5.92 Å². The highest BCUT2D eigenvalue weighted by Crippen LogP contribution is 2.41. The lowest BCUT2D eigenvalue weighted by Crippen LogP contribution is -2.24. The SMILES string of the molecule is CN(C)c1ccc2c(c1)OC(=O)C1C=CC=C21. The first-order valence-electron chi connectivity index (χ1n) is 5.58. The van der Waals surface area contributed by atoms with Gasteiger partial charge in [0.15, 0.2) is 0 Å². The molecule has 1 atom stereocenters. The predicted molar refractivity (Wildman–Crippen MR) is 67.0 cm³/mol. The topological polar surface area (TPSA) is 29.5 Å². The number of carbonyl (C=O) groups excluding carboxylic acids is 1. The first-order valence-corrected chi connectivity index (χ1v) is 5.58. The van der Waals surface area contributed by atoms with E-state index in [2.05, 4.69) is 0 Å². The smallest absolute Gasteiger partial charge is 0.322 e. The van der Waals surface area contributed by atoms with Gasteiger partial charge in [-0.3, -0.25) is 4.79 Å². The van der Waals surface area contributed by atoms with Crippen molar-refractivity contribution in [1.82, 2.24) is 0 Å². The number of anilines is 1. The molecule has 1 heterocycles. The Balaban J connectivity index is 2.12. The molecule has 0 amide bonds. The second-order valence-electron chi connectivity index (χ2n) is 4.48. The molecule has 3 heteroatoms.